The normalized spacial score (nSPS) is 11.1. The van der Waals surface area contributed by atoms with Crippen LogP contribution >= 0.6 is 15.9 Å². The van der Waals surface area contributed by atoms with Gasteiger partial charge in [-0.15, -0.1) is 0 Å². The first-order valence-corrected chi connectivity index (χ1v) is 9.21. The molecule has 0 unspecified atom stereocenters. The molecule has 0 radical (unpaired) electrons. The van der Waals surface area contributed by atoms with Gasteiger partial charge in [-0.2, -0.15) is 0 Å². The predicted molar refractivity (Wildman–Crippen MR) is 110 cm³/mol. The largest absolute Gasteiger partial charge is 0.489 e. The third-order valence-corrected chi connectivity index (χ3v) is 4.79. The molecule has 6 heteroatoms. The predicted octanol–water partition coefficient (Wildman–Crippen LogP) is 5.68. The Kier molecular flexibility index (Phi) is 5.76. The monoisotopic (exact) mass is 426 g/mol. The summed E-state index contributed by atoms with van der Waals surface area (Å²) >= 11 is 3.42. The minimum Gasteiger partial charge on any atom is -0.489 e. The Morgan fingerprint density at radius 2 is 1.78 bits per heavy atom. The van der Waals surface area contributed by atoms with Gasteiger partial charge in [0.25, 0.3) is 0 Å². The topological polar surface area (TPSA) is 57.3 Å². The fraction of sp³-hybridized carbons (Fsp3) is 0.143. The first kappa shape index (κ1) is 18.9. The number of nitro groups is 1. The van der Waals surface area contributed by atoms with Gasteiger partial charge in [-0.05, 0) is 61.9 Å². The van der Waals surface area contributed by atoms with Crippen LogP contribution in [0.5, 0.6) is 5.75 Å². The Balaban J connectivity index is 1.75. The van der Waals surface area contributed by atoms with E-state index >= 15 is 0 Å². The van der Waals surface area contributed by atoms with E-state index < -0.39 is 4.92 Å². The Hall–Kier alpha value is -2.86. The van der Waals surface area contributed by atoms with Crippen LogP contribution < -0.4 is 4.74 Å². The van der Waals surface area contributed by atoms with Gasteiger partial charge in [-0.1, -0.05) is 28.1 Å². The van der Waals surface area contributed by atoms with E-state index in [9.17, 15) is 10.1 Å². The molecular formula is C21H19BrN2O3. The van der Waals surface area contributed by atoms with Crippen molar-refractivity contribution in [2.45, 2.75) is 20.5 Å². The lowest BCUT2D eigenvalue weighted by atomic mass is 10.2. The molecule has 0 bridgehead atoms. The average molecular weight is 427 g/mol. The summed E-state index contributed by atoms with van der Waals surface area (Å²) in [4.78, 5) is 10.1. The van der Waals surface area contributed by atoms with Crippen LogP contribution in [-0.2, 0) is 6.61 Å². The molecule has 0 spiro atoms. The second kappa shape index (κ2) is 8.22. The number of hydrogen-bond acceptors (Lipinski definition) is 3. The molecule has 3 aromatic rings. The number of halogens is 1. The van der Waals surface area contributed by atoms with Crippen LogP contribution in [0.3, 0.4) is 0 Å². The maximum absolute atomic E-state index is 10.6. The van der Waals surface area contributed by atoms with Crippen molar-refractivity contribution < 1.29 is 9.66 Å². The van der Waals surface area contributed by atoms with E-state index in [4.69, 9.17) is 4.74 Å². The SMILES string of the molecule is Cc1cc(/C=C/[N+](=O)[O-])c(C)n1-c1ccc(OCc2ccc(Br)cc2)cc1. The van der Waals surface area contributed by atoms with Crippen molar-refractivity contribution in [2.24, 2.45) is 0 Å². The van der Waals surface area contributed by atoms with Crippen LogP contribution in [0, 0.1) is 24.0 Å². The molecule has 0 fully saturated rings. The number of nitrogens with zero attached hydrogens (tertiary/aromatic N) is 2. The molecule has 0 aliphatic rings. The van der Waals surface area contributed by atoms with E-state index in [2.05, 4.69) is 20.5 Å². The lowest BCUT2D eigenvalue weighted by Crippen LogP contribution is -2.00. The van der Waals surface area contributed by atoms with Crippen molar-refractivity contribution in [3.63, 3.8) is 0 Å². The van der Waals surface area contributed by atoms with Crippen LogP contribution in [0.25, 0.3) is 11.8 Å². The van der Waals surface area contributed by atoms with Gasteiger partial charge < -0.3 is 9.30 Å². The zero-order valence-electron chi connectivity index (χ0n) is 15.1. The lowest BCUT2D eigenvalue weighted by molar-refractivity contribution is -0.400. The molecule has 0 aliphatic heterocycles. The summed E-state index contributed by atoms with van der Waals surface area (Å²) < 4.78 is 8.95. The molecule has 0 saturated carbocycles. The molecule has 3 rings (SSSR count). The van der Waals surface area contributed by atoms with Gasteiger partial charge in [0.15, 0.2) is 0 Å². The minimum atomic E-state index is -0.455. The highest BCUT2D eigenvalue weighted by Crippen LogP contribution is 2.24. The van der Waals surface area contributed by atoms with Gasteiger partial charge in [-0.25, -0.2) is 0 Å². The molecule has 5 nitrogen and oxygen atoms in total. The molecule has 0 N–H and O–H groups in total. The van der Waals surface area contributed by atoms with Crippen LogP contribution in [-0.4, -0.2) is 9.49 Å². The molecule has 1 aromatic heterocycles. The highest BCUT2D eigenvalue weighted by Gasteiger charge is 2.10. The summed E-state index contributed by atoms with van der Waals surface area (Å²) in [5.74, 6) is 0.789. The first-order valence-electron chi connectivity index (χ1n) is 8.42. The summed E-state index contributed by atoms with van der Waals surface area (Å²) in [5, 5.41) is 10.6. The maximum Gasteiger partial charge on any atom is 0.235 e. The second-order valence-electron chi connectivity index (χ2n) is 6.17. The average Bonchev–Trinajstić information content (AvgIpc) is 2.93. The van der Waals surface area contributed by atoms with E-state index in [0.29, 0.717) is 6.61 Å². The number of benzene rings is 2. The van der Waals surface area contributed by atoms with Gasteiger partial charge >= 0.3 is 0 Å². The van der Waals surface area contributed by atoms with Gasteiger partial charge in [0.05, 0.1) is 4.92 Å². The molecule has 2 aromatic carbocycles. The van der Waals surface area contributed by atoms with E-state index in [1.54, 1.807) is 0 Å². The summed E-state index contributed by atoms with van der Waals surface area (Å²) in [6.07, 6.45) is 2.49. The molecule has 0 saturated heterocycles. The second-order valence-corrected chi connectivity index (χ2v) is 7.09. The summed E-state index contributed by atoms with van der Waals surface area (Å²) in [6.45, 7) is 4.43. The number of aryl methyl sites for hydroxylation is 1. The van der Waals surface area contributed by atoms with E-state index in [1.807, 2.05) is 68.4 Å². The maximum atomic E-state index is 10.6. The Bertz CT molecular complexity index is 974. The number of hydrogen-bond donors (Lipinski definition) is 0. The Labute approximate surface area is 166 Å². The number of aromatic nitrogens is 1. The highest BCUT2D eigenvalue weighted by molar-refractivity contribution is 9.10. The number of ether oxygens (including phenoxy) is 1. The molecule has 138 valence electrons. The molecule has 0 atom stereocenters. The summed E-state index contributed by atoms with van der Waals surface area (Å²) in [7, 11) is 0. The fourth-order valence-corrected chi connectivity index (χ4v) is 3.20. The van der Waals surface area contributed by atoms with E-state index in [-0.39, 0.29) is 0 Å². The first-order chi connectivity index (χ1) is 12.9. The minimum absolute atomic E-state index is 0.455. The zero-order valence-corrected chi connectivity index (χ0v) is 16.6. The third-order valence-electron chi connectivity index (χ3n) is 4.26. The zero-order chi connectivity index (χ0) is 19.4. The molecule has 27 heavy (non-hydrogen) atoms. The van der Waals surface area contributed by atoms with Crippen molar-refractivity contribution in [3.8, 4) is 11.4 Å². The standard InChI is InChI=1S/C21H19BrN2O3/c1-15-13-18(11-12-23(25)26)16(2)24(15)20-7-9-21(10-8-20)27-14-17-3-5-19(22)6-4-17/h3-13H,14H2,1-2H3/b12-11+. The fourth-order valence-electron chi connectivity index (χ4n) is 2.93. The van der Waals surface area contributed by atoms with Crippen molar-refractivity contribution in [2.75, 3.05) is 0 Å². The van der Waals surface area contributed by atoms with Crippen LogP contribution in [0.1, 0.15) is 22.5 Å². The van der Waals surface area contributed by atoms with Crippen LogP contribution in [0.2, 0.25) is 0 Å². The Morgan fingerprint density at radius 3 is 2.41 bits per heavy atom. The smallest absolute Gasteiger partial charge is 0.235 e. The van der Waals surface area contributed by atoms with E-state index in [0.717, 1.165) is 44.6 Å². The van der Waals surface area contributed by atoms with Crippen molar-refractivity contribution in [1.29, 1.82) is 0 Å². The summed E-state index contributed by atoms with van der Waals surface area (Å²) in [6, 6.07) is 17.8. The molecule has 0 amide bonds. The summed E-state index contributed by atoms with van der Waals surface area (Å²) in [5.41, 5.74) is 4.89. The van der Waals surface area contributed by atoms with Crippen molar-refractivity contribution >= 4 is 22.0 Å². The quantitative estimate of drug-likeness (QED) is 0.376. The molecular weight excluding hydrogens is 408 g/mol. The molecule has 1 heterocycles. The van der Waals surface area contributed by atoms with E-state index in [1.165, 1.54) is 6.08 Å². The lowest BCUT2D eigenvalue weighted by Gasteiger charge is -2.11. The third kappa shape index (κ3) is 4.65. The van der Waals surface area contributed by atoms with Gasteiger partial charge in [0, 0.05) is 33.2 Å². The van der Waals surface area contributed by atoms with Crippen molar-refractivity contribution in [3.05, 3.63) is 97.9 Å². The van der Waals surface area contributed by atoms with Gasteiger partial charge in [0.1, 0.15) is 12.4 Å². The van der Waals surface area contributed by atoms with Gasteiger partial charge in [0.2, 0.25) is 6.20 Å². The number of rotatable bonds is 6. The molecule has 0 aliphatic carbocycles. The Morgan fingerprint density at radius 1 is 1.11 bits per heavy atom. The highest BCUT2D eigenvalue weighted by atomic mass is 79.9. The van der Waals surface area contributed by atoms with Gasteiger partial charge in [-0.3, -0.25) is 10.1 Å². The van der Waals surface area contributed by atoms with Crippen LogP contribution in [0.15, 0.2) is 65.3 Å². The van der Waals surface area contributed by atoms with Crippen molar-refractivity contribution in [1.82, 2.24) is 4.57 Å². The van der Waals surface area contributed by atoms with Crippen LogP contribution in [0.4, 0.5) is 0 Å².